The molecule has 4 heteroatoms. The molecule has 0 aliphatic rings. The maximum atomic E-state index is 11.1. The third-order valence-corrected chi connectivity index (χ3v) is 7.03. The van der Waals surface area contributed by atoms with Crippen molar-refractivity contribution in [1.82, 2.24) is 5.32 Å². The maximum absolute atomic E-state index is 11.1. The Morgan fingerprint density at radius 3 is 2.17 bits per heavy atom. The van der Waals surface area contributed by atoms with Crippen molar-refractivity contribution < 1.29 is 9.90 Å². The van der Waals surface area contributed by atoms with Gasteiger partial charge in [-0.15, -0.1) is 0 Å². The van der Waals surface area contributed by atoms with E-state index in [0.717, 1.165) is 40.1 Å². The predicted molar refractivity (Wildman–Crippen MR) is 170 cm³/mol. The largest absolute Gasteiger partial charge is 0.478 e. The summed E-state index contributed by atoms with van der Waals surface area (Å²) in [6.45, 7) is 15.6. The second kappa shape index (κ2) is 14.0. The molecule has 0 saturated heterocycles. The molecular formula is C36H40N2O2. The van der Waals surface area contributed by atoms with Gasteiger partial charge < -0.3 is 16.2 Å². The van der Waals surface area contributed by atoms with Gasteiger partial charge in [0, 0.05) is 17.9 Å². The van der Waals surface area contributed by atoms with Crippen molar-refractivity contribution >= 4 is 22.9 Å². The summed E-state index contributed by atoms with van der Waals surface area (Å²) in [5.74, 6) is -0.889. The molecule has 0 heterocycles. The average Bonchev–Trinajstić information content (AvgIpc) is 2.96. The number of carboxylic acids is 1. The number of hydrogen-bond donors (Lipinski definition) is 3. The third kappa shape index (κ3) is 7.97. The zero-order valence-corrected chi connectivity index (χ0v) is 24.2. The number of rotatable bonds is 8. The van der Waals surface area contributed by atoms with Crippen molar-refractivity contribution in [3.63, 3.8) is 0 Å². The molecule has 0 spiro atoms. The van der Waals surface area contributed by atoms with Crippen LogP contribution in [0, 0.1) is 6.92 Å². The van der Waals surface area contributed by atoms with Crippen molar-refractivity contribution in [2.24, 2.45) is 0 Å². The number of carboxylic acid groups (broad SMARTS) is 1. The monoisotopic (exact) mass is 532 g/mol. The summed E-state index contributed by atoms with van der Waals surface area (Å²) in [6, 6.07) is 29.5. The summed E-state index contributed by atoms with van der Waals surface area (Å²) >= 11 is 0. The van der Waals surface area contributed by atoms with Crippen LogP contribution in [0.1, 0.15) is 65.9 Å². The van der Waals surface area contributed by atoms with Gasteiger partial charge in [0.05, 0.1) is 5.56 Å². The Kier molecular flexibility index (Phi) is 10.5. The number of hydrogen-bond acceptors (Lipinski definition) is 3. The Balaban J connectivity index is 0.000000230. The molecule has 0 fully saturated rings. The first-order chi connectivity index (χ1) is 19.1. The van der Waals surface area contributed by atoms with E-state index in [4.69, 9.17) is 10.8 Å². The lowest BCUT2D eigenvalue weighted by molar-refractivity contribution is 0.0697. The maximum Gasteiger partial charge on any atom is 0.336 e. The smallest absolute Gasteiger partial charge is 0.336 e. The molecule has 0 aliphatic carbocycles. The number of nitrogens with one attached hydrogen (secondary N) is 1. The van der Waals surface area contributed by atoms with E-state index in [1.807, 2.05) is 54.6 Å². The summed E-state index contributed by atoms with van der Waals surface area (Å²) in [4.78, 5) is 11.1. The third-order valence-electron chi connectivity index (χ3n) is 7.03. The number of aromatic carboxylic acids is 1. The Labute approximate surface area is 238 Å². The van der Waals surface area contributed by atoms with Crippen LogP contribution in [0.25, 0.3) is 22.4 Å². The highest BCUT2D eigenvalue weighted by Crippen LogP contribution is 2.26. The normalized spacial score (nSPS) is 10.2. The number of aryl methyl sites for hydroxylation is 2. The Hall–Kier alpha value is -4.57. The number of allylic oxidation sites excluding steroid dienone is 2. The second-order valence-corrected chi connectivity index (χ2v) is 10.1. The zero-order chi connectivity index (χ0) is 29.2. The molecule has 0 amide bonds. The highest BCUT2D eigenvalue weighted by molar-refractivity contribution is 5.96. The van der Waals surface area contributed by atoms with Gasteiger partial charge in [-0.05, 0) is 103 Å². The van der Waals surface area contributed by atoms with Crippen molar-refractivity contribution in [2.75, 3.05) is 5.73 Å². The summed E-state index contributed by atoms with van der Waals surface area (Å²) in [5.41, 5.74) is 18.3. The fourth-order valence-electron chi connectivity index (χ4n) is 4.34. The van der Waals surface area contributed by atoms with E-state index >= 15 is 0 Å². The van der Waals surface area contributed by atoms with Crippen LogP contribution in [-0.2, 0) is 13.0 Å². The molecule has 40 heavy (non-hydrogen) atoms. The Morgan fingerprint density at radius 2 is 1.55 bits per heavy atom. The summed E-state index contributed by atoms with van der Waals surface area (Å²) in [6.07, 6.45) is 0.987. The molecular weight excluding hydrogens is 492 g/mol. The van der Waals surface area contributed by atoms with Crippen LogP contribution in [0.15, 0.2) is 103 Å². The molecule has 0 aromatic heterocycles. The van der Waals surface area contributed by atoms with E-state index in [0.29, 0.717) is 12.1 Å². The topological polar surface area (TPSA) is 75.3 Å². The highest BCUT2D eigenvalue weighted by atomic mass is 16.4. The van der Waals surface area contributed by atoms with Crippen LogP contribution in [0.5, 0.6) is 0 Å². The first-order valence-corrected chi connectivity index (χ1v) is 13.5. The molecule has 4 aromatic carbocycles. The van der Waals surface area contributed by atoms with Gasteiger partial charge in [0.2, 0.25) is 0 Å². The van der Waals surface area contributed by atoms with E-state index in [1.165, 1.54) is 27.8 Å². The Morgan fingerprint density at radius 1 is 0.850 bits per heavy atom. The van der Waals surface area contributed by atoms with E-state index in [9.17, 15) is 4.79 Å². The van der Waals surface area contributed by atoms with Gasteiger partial charge in [0.15, 0.2) is 0 Å². The van der Waals surface area contributed by atoms with Crippen molar-refractivity contribution in [3.8, 4) is 11.1 Å². The van der Waals surface area contributed by atoms with E-state index in [1.54, 1.807) is 12.1 Å². The van der Waals surface area contributed by atoms with Gasteiger partial charge in [0.1, 0.15) is 0 Å². The van der Waals surface area contributed by atoms with Crippen LogP contribution >= 0.6 is 0 Å². The number of carbonyl (C=O) groups is 1. The lowest BCUT2D eigenvalue weighted by Gasteiger charge is -2.14. The van der Waals surface area contributed by atoms with Gasteiger partial charge >= 0.3 is 5.97 Å². The van der Waals surface area contributed by atoms with Crippen LogP contribution in [0.3, 0.4) is 0 Å². The first kappa shape index (κ1) is 30.0. The van der Waals surface area contributed by atoms with Gasteiger partial charge in [-0.2, -0.15) is 0 Å². The molecule has 206 valence electrons. The molecule has 4 rings (SSSR count). The average molecular weight is 533 g/mol. The minimum Gasteiger partial charge on any atom is -0.478 e. The molecule has 0 radical (unpaired) electrons. The summed E-state index contributed by atoms with van der Waals surface area (Å²) in [5, 5.41) is 12.5. The molecule has 0 atom stereocenters. The van der Waals surface area contributed by atoms with E-state index < -0.39 is 5.97 Å². The lowest BCUT2D eigenvalue weighted by Crippen LogP contribution is -2.11. The van der Waals surface area contributed by atoms with Crippen LogP contribution < -0.4 is 11.1 Å². The van der Waals surface area contributed by atoms with Gasteiger partial charge in [-0.3, -0.25) is 0 Å². The fourth-order valence-corrected chi connectivity index (χ4v) is 4.34. The lowest BCUT2D eigenvalue weighted by atomic mass is 9.95. The predicted octanol–water partition coefficient (Wildman–Crippen LogP) is 8.77. The van der Waals surface area contributed by atoms with Gasteiger partial charge in [0.25, 0.3) is 0 Å². The number of nitrogens with two attached hydrogens (primary N) is 1. The Bertz CT molecular complexity index is 1510. The number of nitrogen functional groups attached to an aromatic ring is 1. The standard InChI is InChI=1S/C21H26N2.C15H14O2/c1-14(2)16(4)21-12-19(10-9-15(21)3)17(5)23-13-18-7-6-8-20(22)11-18;1-2-11-7-9-12(10-8-11)13-5-3-4-6-14(13)15(16)17/h6-12,23H,5,13,22H2,1-4H3;3-10H,2H2,1H3,(H,16,17). The molecule has 0 saturated carbocycles. The van der Waals surface area contributed by atoms with Crippen molar-refractivity contribution in [1.29, 1.82) is 0 Å². The fraction of sp³-hybridized carbons (Fsp3) is 0.194. The molecule has 4 nitrogen and oxygen atoms in total. The second-order valence-electron chi connectivity index (χ2n) is 10.1. The molecule has 4 N–H and O–H groups in total. The zero-order valence-electron chi connectivity index (χ0n) is 24.2. The molecule has 4 aromatic rings. The molecule has 0 unspecified atom stereocenters. The van der Waals surface area contributed by atoms with Gasteiger partial charge in [-0.25, -0.2) is 4.79 Å². The minimum absolute atomic E-state index is 0.344. The minimum atomic E-state index is -0.889. The number of anilines is 1. The van der Waals surface area contributed by atoms with Crippen LogP contribution in [0.2, 0.25) is 0 Å². The van der Waals surface area contributed by atoms with Gasteiger partial charge in [-0.1, -0.05) is 85.8 Å². The van der Waals surface area contributed by atoms with E-state index in [2.05, 4.69) is 70.8 Å². The van der Waals surface area contributed by atoms with Crippen molar-refractivity contribution in [2.45, 2.75) is 47.6 Å². The van der Waals surface area contributed by atoms with Crippen LogP contribution in [-0.4, -0.2) is 11.1 Å². The SMILES string of the molecule is C=C(NCc1cccc(N)c1)c1ccc(C)c(C(C)=C(C)C)c1.CCc1ccc(-c2ccccc2C(=O)O)cc1. The highest BCUT2D eigenvalue weighted by Gasteiger charge is 2.10. The number of benzene rings is 4. The quantitative estimate of drug-likeness (QED) is 0.198. The molecule has 0 aliphatic heterocycles. The first-order valence-electron chi connectivity index (χ1n) is 13.5. The molecule has 0 bridgehead atoms. The van der Waals surface area contributed by atoms with Crippen molar-refractivity contribution in [3.05, 3.63) is 137 Å². The van der Waals surface area contributed by atoms with Crippen LogP contribution in [0.4, 0.5) is 5.69 Å². The van der Waals surface area contributed by atoms with E-state index in [-0.39, 0.29) is 0 Å². The summed E-state index contributed by atoms with van der Waals surface area (Å²) < 4.78 is 0. The summed E-state index contributed by atoms with van der Waals surface area (Å²) in [7, 11) is 0.